The zero-order valence-electron chi connectivity index (χ0n) is 22.0. The Morgan fingerprint density at radius 3 is 2.41 bits per heavy atom. The van der Waals surface area contributed by atoms with Gasteiger partial charge in [-0.2, -0.15) is 4.31 Å². The van der Waals surface area contributed by atoms with Crippen LogP contribution in [0.5, 0.6) is 0 Å². The summed E-state index contributed by atoms with van der Waals surface area (Å²) in [5.74, 6) is -1.08. The molecule has 1 fully saturated rings. The smallest absolute Gasteiger partial charge is 0.414 e. The number of hydrogen-bond donors (Lipinski definition) is 3. The first-order valence-corrected chi connectivity index (χ1v) is 13.6. The highest BCUT2D eigenvalue weighted by Crippen LogP contribution is 2.16. The number of imide groups is 1. The van der Waals surface area contributed by atoms with E-state index in [1.165, 1.54) is 0 Å². The predicted molar refractivity (Wildman–Crippen MR) is 136 cm³/mol. The molecule has 1 heterocycles. The molecule has 1 aromatic carbocycles. The standard InChI is InChI=1S/C24H38N4O8S/c1-23(2,3)35-17-24(4,5)36-22(31)27-20(29)19-15-28(13-11-25-19)37(32,33)14-12-26-21(30)34-16-18-9-7-6-8-10-18/h6-10,19,25H,11-17H2,1-5H3,(H,26,30)(H,27,29,31)/t19-/m1/s1. The van der Waals surface area contributed by atoms with Gasteiger partial charge >= 0.3 is 12.2 Å². The number of hydrogen-bond acceptors (Lipinski definition) is 9. The van der Waals surface area contributed by atoms with E-state index in [1.807, 2.05) is 39.0 Å². The number of carbonyl (C=O) groups is 3. The summed E-state index contributed by atoms with van der Waals surface area (Å²) in [6.45, 7) is 9.14. The molecule has 1 atom stereocenters. The summed E-state index contributed by atoms with van der Waals surface area (Å²) in [5.41, 5.74) is -0.602. The van der Waals surface area contributed by atoms with Crippen molar-refractivity contribution in [3.8, 4) is 0 Å². The van der Waals surface area contributed by atoms with E-state index in [2.05, 4.69) is 16.0 Å². The number of nitrogens with zero attached hydrogens (tertiary/aromatic N) is 1. The molecule has 1 aliphatic rings. The van der Waals surface area contributed by atoms with E-state index in [9.17, 15) is 22.8 Å². The monoisotopic (exact) mass is 542 g/mol. The fourth-order valence-corrected chi connectivity index (χ4v) is 4.58. The second-order valence-corrected chi connectivity index (χ2v) is 12.3. The fourth-order valence-electron chi connectivity index (χ4n) is 3.22. The van der Waals surface area contributed by atoms with Crippen molar-refractivity contribution in [2.24, 2.45) is 0 Å². The second-order valence-electron chi connectivity index (χ2n) is 10.2. The van der Waals surface area contributed by atoms with Crippen LogP contribution >= 0.6 is 0 Å². The van der Waals surface area contributed by atoms with Crippen LogP contribution in [0.4, 0.5) is 9.59 Å². The highest BCUT2D eigenvalue weighted by Gasteiger charge is 2.34. The molecule has 0 aliphatic carbocycles. The Kier molecular flexibility index (Phi) is 10.9. The highest BCUT2D eigenvalue weighted by atomic mass is 32.2. The molecule has 37 heavy (non-hydrogen) atoms. The lowest BCUT2D eigenvalue weighted by Crippen LogP contribution is -2.59. The molecule has 3 N–H and O–H groups in total. The predicted octanol–water partition coefficient (Wildman–Crippen LogP) is 1.36. The molecule has 208 valence electrons. The molecule has 0 saturated carbocycles. The Morgan fingerprint density at radius 1 is 1.08 bits per heavy atom. The summed E-state index contributed by atoms with van der Waals surface area (Å²) in [6.07, 6.45) is -1.68. The summed E-state index contributed by atoms with van der Waals surface area (Å²) in [4.78, 5) is 36.7. The third kappa shape index (κ3) is 11.5. The van der Waals surface area contributed by atoms with Crippen LogP contribution in [0.25, 0.3) is 0 Å². The molecular weight excluding hydrogens is 504 g/mol. The number of nitrogens with one attached hydrogen (secondary N) is 3. The molecule has 1 aliphatic heterocycles. The molecule has 1 aromatic rings. The molecule has 0 spiro atoms. The van der Waals surface area contributed by atoms with Gasteiger partial charge in [-0.25, -0.2) is 18.0 Å². The van der Waals surface area contributed by atoms with Crippen molar-refractivity contribution in [1.29, 1.82) is 0 Å². The van der Waals surface area contributed by atoms with Crippen LogP contribution in [0, 0.1) is 0 Å². The lowest BCUT2D eigenvalue weighted by atomic mass is 10.1. The third-order valence-corrected chi connectivity index (χ3v) is 6.98. The van der Waals surface area contributed by atoms with E-state index in [-0.39, 0.29) is 45.1 Å². The van der Waals surface area contributed by atoms with Gasteiger partial charge < -0.3 is 24.8 Å². The number of rotatable bonds is 10. The van der Waals surface area contributed by atoms with Crippen molar-refractivity contribution >= 4 is 28.1 Å². The van der Waals surface area contributed by atoms with Crippen LogP contribution in [0.1, 0.15) is 40.2 Å². The molecule has 2 rings (SSSR count). The van der Waals surface area contributed by atoms with Gasteiger partial charge in [-0.05, 0) is 40.2 Å². The van der Waals surface area contributed by atoms with Gasteiger partial charge in [-0.15, -0.1) is 0 Å². The summed E-state index contributed by atoms with van der Waals surface area (Å²) < 4.78 is 42.7. The van der Waals surface area contributed by atoms with Gasteiger partial charge in [-0.3, -0.25) is 10.1 Å². The molecule has 3 amide bonds. The van der Waals surface area contributed by atoms with Crippen molar-refractivity contribution in [2.45, 2.75) is 58.5 Å². The normalized spacial score (nSPS) is 17.1. The second kappa shape index (κ2) is 13.2. The third-order valence-electron chi connectivity index (χ3n) is 5.14. The first kappa shape index (κ1) is 30.5. The SMILES string of the molecule is CC(C)(C)OCC(C)(C)OC(=O)NC(=O)[C@H]1CN(S(=O)(=O)CCNC(=O)OCc2ccccc2)CCN1. The van der Waals surface area contributed by atoms with E-state index in [4.69, 9.17) is 14.2 Å². The molecule has 12 nitrogen and oxygen atoms in total. The van der Waals surface area contributed by atoms with Crippen LogP contribution in [0.2, 0.25) is 0 Å². The Bertz CT molecular complexity index is 1020. The Hall–Kier alpha value is -2.74. The number of benzene rings is 1. The minimum atomic E-state index is -3.78. The van der Waals surface area contributed by atoms with E-state index < -0.39 is 45.4 Å². The summed E-state index contributed by atoms with van der Waals surface area (Å²) >= 11 is 0. The summed E-state index contributed by atoms with van der Waals surface area (Å²) in [6, 6.07) is 8.13. The van der Waals surface area contributed by atoms with Crippen molar-refractivity contribution in [1.82, 2.24) is 20.3 Å². The zero-order chi connectivity index (χ0) is 27.7. The number of amides is 3. The molecule has 1 saturated heterocycles. The van der Waals surface area contributed by atoms with Crippen LogP contribution in [-0.4, -0.2) is 86.6 Å². The minimum absolute atomic E-state index is 0.0667. The lowest BCUT2D eigenvalue weighted by Gasteiger charge is -2.32. The number of carbonyl (C=O) groups excluding carboxylic acids is 3. The Balaban J connectivity index is 1.78. The van der Waals surface area contributed by atoms with E-state index in [1.54, 1.807) is 26.0 Å². The number of piperazine rings is 1. The average molecular weight is 543 g/mol. The minimum Gasteiger partial charge on any atom is -0.445 e. The van der Waals surface area contributed by atoms with Gasteiger partial charge in [-0.1, -0.05) is 30.3 Å². The van der Waals surface area contributed by atoms with Crippen LogP contribution in [-0.2, 0) is 35.6 Å². The molecule has 13 heteroatoms. The lowest BCUT2D eigenvalue weighted by molar-refractivity contribution is -0.124. The zero-order valence-corrected chi connectivity index (χ0v) is 22.9. The topological polar surface area (TPSA) is 152 Å². The van der Waals surface area contributed by atoms with E-state index >= 15 is 0 Å². The largest absolute Gasteiger partial charge is 0.445 e. The van der Waals surface area contributed by atoms with Gasteiger partial charge in [0, 0.05) is 26.2 Å². The first-order valence-electron chi connectivity index (χ1n) is 12.0. The first-order chi connectivity index (χ1) is 17.2. The van der Waals surface area contributed by atoms with E-state index in [0.717, 1.165) is 9.87 Å². The molecule has 0 unspecified atom stereocenters. The van der Waals surface area contributed by atoms with Crippen molar-refractivity contribution < 1.29 is 37.0 Å². The van der Waals surface area contributed by atoms with Crippen LogP contribution < -0.4 is 16.0 Å². The molecule has 0 radical (unpaired) electrons. The van der Waals surface area contributed by atoms with Crippen LogP contribution in [0.3, 0.4) is 0 Å². The van der Waals surface area contributed by atoms with Gasteiger partial charge in [0.05, 0.1) is 18.0 Å². The summed E-state index contributed by atoms with van der Waals surface area (Å²) in [7, 11) is -3.78. The van der Waals surface area contributed by atoms with Crippen molar-refractivity contribution in [2.75, 3.05) is 38.5 Å². The average Bonchev–Trinajstić information content (AvgIpc) is 2.81. The maximum atomic E-state index is 12.7. The highest BCUT2D eigenvalue weighted by molar-refractivity contribution is 7.89. The number of alkyl carbamates (subject to hydrolysis) is 2. The van der Waals surface area contributed by atoms with Gasteiger partial charge in [0.15, 0.2) is 0 Å². The van der Waals surface area contributed by atoms with E-state index in [0.29, 0.717) is 0 Å². The maximum Gasteiger partial charge on any atom is 0.414 e. The maximum absolute atomic E-state index is 12.7. The summed E-state index contributed by atoms with van der Waals surface area (Å²) in [5, 5.41) is 7.46. The number of ether oxygens (including phenoxy) is 3. The molecule has 0 bridgehead atoms. The molecular formula is C24H38N4O8S. The quantitative estimate of drug-likeness (QED) is 0.398. The van der Waals surface area contributed by atoms with Gasteiger partial charge in [0.2, 0.25) is 15.9 Å². The van der Waals surface area contributed by atoms with Crippen LogP contribution in [0.15, 0.2) is 30.3 Å². The molecule has 0 aromatic heterocycles. The Labute approximate surface area is 218 Å². The van der Waals surface area contributed by atoms with Gasteiger partial charge in [0.1, 0.15) is 18.2 Å². The Morgan fingerprint density at radius 2 is 1.76 bits per heavy atom. The van der Waals surface area contributed by atoms with Gasteiger partial charge in [0.25, 0.3) is 0 Å². The van der Waals surface area contributed by atoms with Crippen molar-refractivity contribution in [3.63, 3.8) is 0 Å². The number of sulfonamides is 1. The fraction of sp³-hybridized carbons (Fsp3) is 0.625. The van der Waals surface area contributed by atoms with Crippen molar-refractivity contribution in [3.05, 3.63) is 35.9 Å².